The van der Waals surface area contributed by atoms with Gasteiger partial charge in [-0.3, -0.25) is 10.1 Å². The van der Waals surface area contributed by atoms with Gasteiger partial charge >= 0.3 is 5.69 Å². The van der Waals surface area contributed by atoms with Crippen molar-refractivity contribution in [2.24, 2.45) is 11.8 Å². The van der Waals surface area contributed by atoms with Crippen LogP contribution < -0.4 is 15.0 Å². The molecule has 1 N–H and O–H groups in total. The molecule has 0 spiro atoms. The first-order chi connectivity index (χ1) is 10.2. The lowest BCUT2D eigenvalue weighted by atomic mass is 10.0. The number of fused-ring (bicyclic) bond motifs is 1. The quantitative estimate of drug-likeness (QED) is 0.664. The fraction of sp³-hybridized carbons (Fsp3) is 0.600. The third-order valence-corrected chi connectivity index (χ3v) is 4.35. The molecule has 0 saturated carbocycles. The van der Waals surface area contributed by atoms with E-state index in [0.29, 0.717) is 29.9 Å². The normalized spacial score (nSPS) is 24.1. The Balaban J connectivity index is 1.89. The Morgan fingerprint density at radius 1 is 1.38 bits per heavy atom. The van der Waals surface area contributed by atoms with E-state index in [9.17, 15) is 10.1 Å². The van der Waals surface area contributed by atoms with Crippen molar-refractivity contribution < 1.29 is 9.66 Å². The van der Waals surface area contributed by atoms with Gasteiger partial charge in [-0.2, -0.15) is 0 Å². The van der Waals surface area contributed by atoms with Crippen LogP contribution in [0.2, 0.25) is 0 Å². The smallest absolute Gasteiger partial charge is 0.333 e. The average molecular weight is 291 g/mol. The number of nitro benzene ring substituents is 1. The Kier molecular flexibility index (Phi) is 3.96. The molecule has 2 unspecified atom stereocenters. The summed E-state index contributed by atoms with van der Waals surface area (Å²) in [4.78, 5) is 13.3. The molecule has 0 bridgehead atoms. The number of hydrogen-bond acceptors (Lipinski definition) is 5. The number of anilines is 1. The first-order valence-electron chi connectivity index (χ1n) is 7.56. The third-order valence-electron chi connectivity index (χ3n) is 4.35. The van der Waals surface area contributed by atoms with E-state index in [0.717, 1.165) is 32.6 Å². The third kappa shape index (κ3) is 2.68. The summed E-state index contributed by atoms with van der Waals surface area (Å²) in [5.41, 5.74) is 0.807. The van der Waals surface area contributed by atoms with E-state index in [1.807, 2.05) is 19.1 Å². The second-order valence-corrected chi connectivity index (χ2v) is 5.81. The molecule has 0 aliphatic carbocycles. The van der Waals surface area contributed by atoms with Crippen LogP contribution in [0.3, 0.4) is 0 Å². The summed E-state index contributed by atoms with van der Waals surface area (Å²) in [5.74, 6) is 1.59. The molecule has 2 atom stereocenters. The van der Waals surface area contributed by atoms with Crippen molar-refractivity contribution in [1.82, 2.24) is 5.32 Å². The first-order valence-corrected chi connectivity index (χ1v) is 7.56. The minimum Gasteiger partial charge on any atom is -0.487 e. The van der Waals surface area contributed by atoms with Gasteiger partial charge in [-0.15, -0.1) is 0 Å². The predicted molar refractivity (Wildman–Crippen MR) is 80.9 cm³/mol. The zero-order chi connectivity index (χ0) is 14.8. The molecule has 3 rings (SSSR count). The fourth-order valence-corrected chi connectivity index (χ4v) is 3.33. The average Bonchev–Trinajstić information content (AvgIpc) is 3.05. The number of nitrogens with one attached hydrogen (secondary N) is 1. The molecule has 114 valence electrons. The van der Waals surface area contributed by atoms with E-state index in [4.69, 9.17) is 4.74 Å². The highest BCUT2D eigenvalue weighted by atomic mass is 16.6. The summed E-state index contributed by atoms with van der Waals surface area (Å²) in [6.45, 7) is 6.29. The van der Waals surface area contributed by atoms with Crippen LogP contribution in [0.15, 0.2) is 18.2 Å². The minimum atomic E-state index is -0.313. The standard InChI is InChI=1S/C15H21N3O3/c1-2-6-21-14-5-3-4-13(15(14)18(19)20)17-9-11-7-16-8-12(11)10-17/h3-5,11-12,16H,2,6-10H2,1H3. The molecule has 2 heterocycles. The van der Waals surface area contributed by atoms with Crippen LogP contribution >= 0.6 is 0 Å². The lowest BCUT2D eigenvalue weighted by molar-refractivity contribution is -0.385. The van der Waals surface area contributed by atoms with Crippen molar-refractivity contribution in [3.63, 3.8) is 0 Å². The Bertz CT molecular complexity index is 523. The van der Waals surface area contributed by atoms with Crippen LogP contribution in [0, 0.1) is 22.0 Å². The molecule has 21 heavy (non-hydrogen) atoms. The highest BCUT2D eigenvalue weighted by molar-refractivity contribution is 5.70. The number of benzene rings is 1. The number of hydrogen-bond donors (Lipinski definition) is 1. The highest BCUT2D eigenvalue weighted by Gasteiger charge is 2.38. The summed E-state index contributed by atoms with van der Waals surface area (Å²) < 4.78 is 5.56. The van der Waals surface area contributed by atoms with E-state index in [2.05, 4.69) is 10.2 Å². The summed E-state index contributed by atoms with van der Waals surface area (Å²) in [7, 11) is 0. The molecule has 0 aromatic heterocycles. The number of ether oxygens (including phenoxy) is 1. The molecular weight excluding hydrogens is 270 g/mol. The van der Waals surface area contributed by atoms with Gasteiger partial charge in [0.05, 0.1) is 11.5 Å². The van der Waals surface area contributed by atoms with Crippen LogP contribution in [-0.2, 0) is 0 Å². The SMILES string of the molecule is CCCOc1cccc(N2CC3CNCC3C2)c1[N+](=O)[O-]. The van der Waals surface area contributed by atoms with Gasteiger partial charge in [0.15, 0.2) is 5.75 Å². The zero-order valence-corrected chi connectivity index (χ0v) is 12.2. The summed E-state index contributed by atoms with van der Waals surface area (Å²) in [6, 6.07) is 5.38. The molecule has 0 amide bonds. The second-order valence-electron chi connectivity index (χ2n) is 5.81. The molecular formula is C15H21N3O3. The summed E-state index contributed by atoms with van der Waals surface area (Å²) in [6.07, 6.45) is 0.834. The molecule has 2 saturated heterocycles. The lowest BCUT2D eigenvalue weighted by Crippen LogP contribution is -2.26. The first kappa shape index (κ1) is 14.1. The fourth-order valence-electron chi connectivity index (χ4n) is 3.33. The lowest BCUT2D eigenvalue weighted by Gasteiger charge is -2.20. The molecule has 6 nitrogen and oxygen atoms in total. The molecule has 2 aliphatic rings. The van der Waals surface area contributed by atoms with Gasteiger partial charge in [0.1, 0.15) is 5.69 Å². The van der Waals surface area contributed by atoms with Crippen molar-refractivity contribution in [3.8, 4) is 5.75 Å². The van der Waals surface area contributed by atoms with E-state index >= 15 is 0 Å². The Hall–Kier alpha value is -1.82. The molecule has 2 aliphatic heterocycles. The van der Waals surface area contributed by atoms with E-state index in [-0.39, 0.29) is 10.6 Å². The van der Waals surface area contributed by atoms with Gasteiger partial charge in [-0.1, -0.05) is 13.0 Å². The number of para-hydroxylation sites is 1. The molecule has 1 aromatic rings. The van der Waals surface area contributed by atoms with Gasteiger partial charge in [0.25, 0.3) is 0 Å². The zero-order valence-electron chi connectivity index (χ0n) is 12.2. The topological polar surface area (TPSA) is 67.6 Å². The van der Waals surface area contributed by atoms with Gasteiger partial charge < -0.3 is 15.0 Å². The second kappa shape index (κ2) is 5.89. The van der Waals surface area contributed by atoms with Crippen LogP contribution in [0.5, 0.6) is 5.75 Å². The Morgan fingerprint density at radius 3 is 2.71 bits per heavy atom. The number of nitro groups is 1. The van der Waals surface area contributed by atoms with Crippen molar-refractivity contribution in [2.75, 3.05) is 37.7 Å². The maximum atomic E-state index is 11.5. The van der Waals surface area contributed by atoms with Crippen molar-refractivity contribution >= 4 is 11.4 Å². The Labute approximate surface area is 124 Å². The van der Waals surface area contributed by atoms with Gasteiger partial charge in [-0.05, 0) is 30.4 Å². The molecule has 2 fully saturated rings. The van der Waals surface area contributed by atoms with Crippen molar-refractivity contribution in [1.29, 1.82) is 0 Å². The highest BCUT2D eigenvalue weighted by Crippen LogP contribution is 2.40. The predicted octanol–water partition coefficient (Wildman–Crippen LogP) is 2.04. The summed E-state index contributed by atoms with van der Waals surface area (Å²) >= 11 is 0. The molecule has 0 radical (unpaired) electrons. The van der Waals surface area contributed by atoms with E-state index in [1.165, 1.54) is 0 Å². The van der Waals surface area contributed by atoms with Crippen molar-refractivity contribution in [3.05, 3.63) is 28.3 Å². The van der Waals surface area contributed by atoms with Crippen molar-refractivity contribution in [2.45, 2.75) is 13.3 Å². The minimum absolute atomic E-state index is 0.110. The van der Waals surface area contributed by atoms with Crippen LogP contribution in [-0.4, -0.2) is 37.7 Å². The van der Waals surface area contributed by atoms with Gasteiger partial charge in [-0.25, -0.2) is 0 Å². The van der Waals surface area contributed by atoms with Crippen LogP contribution in [0.1, 0.15) is 13.3 Å². The van der Waals surface area contributed by atoms with Crippen LogP contribution in [0.25, 0.3) is 0 Å². The van der Waals surface area contributed by atoms with Crippen LogP contribution in [0.4, 0.5) is 11.4 Å². The van der Waals surface area contributed by atoms with E-state index < -0.39 is 0 Å². The maximum Gasteiger partial charge on any atom is 0.333 e. The monoisotopic (exact) mass is 291 g/mol. The largest absolute Gasteiger partial charge is 0.487 e. The van der Waals surface area contributed by atoms with E-state index in [1.54, 1.807) is 6.07 Å². The summed E-state index contributed by atoms with van der Waals surface area (Å²) in [5, 5.41) is 14.9. The molecule has 1 aromatic carbocycles. The number of rotatable bonds is 5. The molecule has 6 heteroatoms. The van der Waals surface area contributed by atoms with Gasteiger partial charge in [0, 0.05) is 26.2 Å². The maximum absolute atomic E-state index is 11.5. The number of nitrogens with zero attached hydrogens (tertiary/aromatic N) is 2. The van der Waals surface area contributed by atoms with Gasteiger partial charge in [0.2, 0.25) is 0 Å². The Morgan fingerprint density at radius 2 is 2.10 bits per heavy atom.